The molecule has 6 heteroatoms. The highest BCUT2D eigenvalue weighted by Gasteiger charge is 2.13. The molecule has 0 amide bonds. The quantitative estimate of drug-likeness (QED) is 0.890. The molecule has 1 atom stereocenters. The highest BCUT2D eigenvalue weighted by molar-refractivity contribution is 7.11. The molecule has 0 fully saturated rings. The molecule has 0 spiro atoms. The number of aryl methyl sites for hydroxylation is 3. The summed E-state index contributed by atoms with van der Waals surface area (Å²) in [5.41, 5.74) is 6.77. The van der Waals surface area contributed by atoms with Crippen LogP contribution >= 0.6 is 11.3 Å². The minimum atomic E-state index is 0.157. The smallest absolute Gasteiger partial charge is 0.132 e. The first-order valence-corrected chi connectivity index (χ1v) is 6.59. The number of hydrogen-bond acceptors (Lipinski definition) is 6. The fourth-order valence-electron chi connectivity index (χ4n) is 1.90. The van der Waals surface area contributed by atoms with Crippen LogP contribution in [-0.4, -0.2) is 15.0 Å². The number of anilines is 2. The Morgan fingerprint density at radius 3 is 2.50 bits per heavy atom. The third kappa shape index (κ3) is 2.76. The van der Waals surface area contributed by atoms with Crippen molar-refractivity contribution >= 4 is 23.0 Å². The number of nitrogen functional groups attached to an aromatic ring is 1. The Morgan fingerprint density at radius 1 is 1.22 bits per heavy atom. The Hall–Kier alpha value is -1.69. The summed E-state index contributed by atoms with van der Waals surface area (Å²) in [6.45, 7) is 7.96. The molecule has 2 rings (SSSR count). The Bertz CT molecular complexity index is 543. The number of nitrogens with one attached hydrogen (secondary N) is 1. The van der Waals surface area contributed by atoms with Crippen LogP contribution in [0.25, 0.3) is 0 Å². The van der Waals surface area contributed by atoms with Crippen LogP contribution in [0, 0.1) is 20.8 Å². The number of hydrogen-bond donors (Lipinski definition) is 2. The van der Waals surface area contributed by atoms with E-state index in [0.717, 1.165) is 16.5 Å². The van der Waals surface area contributed by atoms with Crippen LogP contribution in [0.15, 0.2) is 6.07 Å². The number of aromatic nitrogens is 3. The topological polar surface area (TPSA) is 76.7 Å². The Balaban J connectivity index is 2.20. The monoisotopic (exact) mass is 263 g/mol. The van der Waals surface area contributed by atoms with Gasteiger partial charge in [-0.25, -0.2) is 15.0 Å². The van der Waals surface area contributed by atoms with E-state index in [1.54, 1.807) is 17.4 Å². The fraction of sp³-hybridized carbons (Fsp3) is 0.417. The molecule has 96 valence electrons. The van der Waals surface area contributed by atoms with Gasteiger partial charge in [-0.3, -0.25) is 0 Å². The number of thiazole rings is 1. The SMILES string of the molecule is Cc1nc(N)cc(NC(C)c2sc(C)nc2C)n1. The van der Waals surface area contributed by atoms with Gasteiger partial charge in [0.25, 0.3) is 0 Å². The van der Waals surface area contributed by atoms with Crippen LogP contribution in [0.5, 0.6) is 0 Å². The lowest BCUT2D eigenvalue weighted by atomic mass is 10.2. The van der Waals surface area contributed by atoms with E-state index >= 15 is 0 Å². The van der Waals surface area contributed by atoms with Crippen LogP contribution in [-0.2, 0) is 0 Å². The van der Waals surface area contributed by atoms with E-state index < -0.39 is 0 Å². The number of nitrogens with zero attached hydrogens (tertiary/aromatic N) is 3. The van der Waals surface area contributed by atoms with E-state index in [2.05, 4.69) is 27.2 Å². The van der Waals surface area contributed by atoms with E-state index in [4.69, 9.17) is 5.73 Å². The zero-order valence-electron chi connectivity index (χ0n) is 11.0. The van der Waals surface area contributed by atoms with Crippen LogP contribution in [0.1, 0.15) is 34.4 Å². The van der Waals surface area contributed by atoms with Crippen molar-refractivity contribution in [1.82, 2.24) is 15.0 Å². The van der Waals surface area contributed by atoms with Gasteiger partial charge in [0.05, 0.1) is 16.7 Å². The van der Waals surface area contributed by atoms with Crippen LogP contribution < -0.4 is 11.1 Å². The van der Waals surface area contributed by atoms with E-state index in [9.17, 15) is 0 Å². The summed E-state index contributed by atoms with van der Waals surface area (Å²) >= 11 is 1.70. The summed E-state index contributed by atoms with van der Waals surface area (Å²) in [4.78, 5) is 14.0. The third-order valence-corrected chi connectivity index (χ3v) is 3.81. The van der Waals surface area contributed by atoms with Gasteiger partial charge < -0.3 is 11.1 Å². The van der Waals surface area contributed by atoms with E-state index in [1.165, 1.54) is 4.88 Å². The summed E-state index contributed by atoms with van der Waals surface area (Å²) in [5, 5.41) is 4.41. The lowest BCUT2D eigenvalue weighted by Gasteiger charge is -2.14. The predicted molar refractivity (Wildman–Crippen MR) is 74.8 cm³/mol. The van der Waals surface area contributed by atoms with Crippen molar-refractivity contribution in [3.8, 4) is 0 Å². The molecule has 2 aromatic rings. The minimum Gasteiger partial charge on any atom is -0.384 e. The molecule has 2 aromatic heterocycles. The lowest BCUT2D eigenvalue weighted by molar-refractivity contribution is 0.873. The first-order valence-electron chi connectivity index (χ1n) is 5.77. The van der Waals surface area contributed by atoms with E-state index in [1.807, 2.05) is 20.8 Å². The van der Waals surface area contributed by atoms with Crippen LogP contribution in [0.3, 0.4) is 0 Å². The first kappa shape index (κ1) is 12.8. The second kappa shape index (κ2) is 4.89. The van der Waals surface area contributed by atoms with Gasteiger partial charge in [0, 0.05) is 10.9 Å². The van der Waals surface area contributed by atoms with Gasteiger partial charge in [0.2, 0.25) is 0 Å². The van der Waals surface area contributed by atoms with Gasteiger partial charge in [0.1, 0.15) is 17.5 Å². The molecule has 18 heavy (non-hydrogen) atoms. The third-order valence-electron chi connectivity index (χ3n) is 2.55. The molecule has 0 bridgehead atoms. The predicted octanol–water partition coefficient (Wildman–Crippen LogP) is 2.61. The summed E-state index contributed by atoms with van der Waals surface area (Å²) < 4.78 is 0. The van der Waals surface area contributed by atoms with Crippen molar-refractivity contribution in [2.75, 3.05) is 11.1 Å². The second-order valence-corrected chi connectivity index (χ2v) is 5.51. The summed E-state index contributed by atoms with van der Waals surface area (Å²) in [6, 6.07) is 1.90. The minimum absolute atomic E-state index is 0.157. The normalized spacial score (nSPS) is 12.4. The highest BCUT2D eigenvalue weighted by Crippen LogP contribution is 2.27. The van der Waals surface area contributed by atoms with Crippen molar-refractivity contribution < 1.29 is 0 Å². The molecule has 2 heterocycles. The first-order chi connectivity index (χ1) is 8.45. The molecule has 0 saturated carbocycles. The van der Waals surface area contributed by atoms with Crippen molar-refractivity contribution in [1.29, 1.82) is 0 Å². The van der Waals surface area contributed by atoms with Crippen molar-refractivity contribution in [2.24, 2.45) is 0 Å². The van der Waals surface area contributed by atoms with Crippen LogP contribution in [0.2, 0.25) is 0 Å². The number of nitrogens with two attached hydrogens (primary N) is 1. The van der Waals surface area contributed by atoms with Gasteiger partial charge in [-0.1, -0.05) is 0 Å². The molecule has 3 N–H and O–H groups in total. The van der Waals surface area contributed by atoms with Crippen molar-refractivity contribution in [3.05, 3.63) is 27.5 Å². The Kier molecular flexibility index (Phi) is 3.47. The second-order valence-electron chi connectivity index (χ2n) is 4.27. The number of rotatable bonds is 3. The largest absolute Gasteiger partial charge is 0.384 e. The van der Waals surface area contributed by atoms with E-state index in [0.29, 0.717) is 11.6 Å². The maximum absolute atomic E-state index is 5.71. The average Bonchev–Trinajstić information content (AvgIpc) is 2.56. The molecule has 0 aliphatic rings. The maximum atomic E-state index is 5.71. The molecule has 5 nitrogen and oxygen atoms in total. The average molecular weight is 263 g/mol. The Labute approximate surface area is 111 Å². The molecule has 0 aliphatic carbocycles. The molecule has 0 radical (unpaired) electrons. The van der Waals surface area contributed by atoms with Crippen molar-refractivity contribution in [2.45, 2.75) is 33.7 Å². The fourth-order valence-corrected chi connectivity index (χ4v) is 2.83. The molecule has 1 unspecified atom stereocenters. The van der Waals surface area contributed by atoms with Gasteiger partial charge in [-0.05, 0) is 27.7 Å². The molecular formula is C12H17N5S. The van der Waals surface area contributed by atoms with Crippen LogP contribution in [0.4, 0.5) is 11.6 Å². The van der Waals surface area contributed by atoms with Gasteiger partial charge >= 0.3 is 0 Å². The summed E-state index contributed by atoms with van der Waals surface area (Å²) in [5.74, 6) is 1.90. The summed E-state index contributed by atoms with van der Waals surface area (Å²) in [7, 11) is 0. The van der Waals surface area contributed by atoms with Gasteiger partial charge in [0.15, 0.2) is 0 Å². The van der Waals surface area contributed by atoms with Crippen molar-refractivity contribution in [3.63, 3.8) is 0 Å². The standard InChI is InChI=1S/C12H17N5S/c1-6-12(18-9(4)14-6)7(2)15-11-5-10(13)16-8(3)17-11/h5,7H,1-4H3,(H3,13,15,16,17). The molecule has 0 aromatic carbocycles. The van der Waals surface area contributed by atoms with E-state index in [-0.39, 0.29) is 6.04 Å². The Morgan fingerprint density at radius 2 is 1.94 bits per heavy atom. The maximum Gasteiger partial charge on any atom is 0.132 e. The lowest BCUT2D eigenvalue weighted by Crippen LogP contribution is -2.09. The molecular weight excluding hydrogens is 246 g/mol. The zero-order valence-corrected chi connectivity index (χ0v) is 11.8. The highest BCUT2D eigenvalue weighted by atomic mass is 32.1. The molecule has 0 saturated heterocycles. The van der Waals surface area contributed by atoms with Gasteiger partial charge in [-0.2, -0.15) is 0 Å². The summed E-state index contributed by atoms with van der Waals surface area (Å²) in [6.07, 6.45) is 0. The van der Waals surface area contributed by atoms with Gasteiger partial charge in [-0.15, -0.1) is 11.3 Å². The molecule has 0 aliphatic heterocycles. The zero-order chi connectivity index (χ0) is 13.3.